The Bertz CT molecular complexity index is 948. The Morgan fingerprint density at radius 1 is 1.17 bits per heavy atom. The Morgan fingerprint density at radius 2 is 1.97 bits per heavy atom. The van der Waals surface area contributed by atoms with Crippen molar-refractivity contribution < 1.29 is 4.39 Å². The van der Waals surface area contributed by atoms with Gasteiger partial charge in [0, 0.05) is 11.9 Å². The lowest BCUT2D eigenvalue weighted by Crippen LogP contribution is -2.26. The largest absolute Gasteiger partial charge is 0.333 e. The van der Waals surface area contributed by atoms with Crippen molar-refractivity contribution in [2.75, 3.05) is 11.6 Å². The van der Waals surface area contributed by atoms with Crippen LogP contribution in [-0.2, 0) is 6.42 Å². The molecule has 0 aromatic heterocycles. The minimum Gasteiger partial charge on any atom is -0.333 e. The van der Waals surface area contributed by atoms with E-state index in [2.05, 4.69) is 27.2 Å². The monoisotopic (exact) mass is 410 g/mol. The number of anilines is 1. The molecular weight excluding hydrogens is 383 g/mol. The molecule has 0 radical (unpaired) electrons. The first kappa shape index (κ1) is 22.4. The van der Waals surface area contributed by atoms with E-state index in [9.17, 15) is 4.39 Å². The average Bonchev–Trinajstić information content (AvgIpc) is 2.69. The SMILES string of the molecule is C=CNC(=N/C=C\Cc1ccc(F)c(C)c1)Nc1ccc(N=C(C)SC)cc1C. The van der Waals surface area contributed by atoms with Crippen LogP contribution in [0.2, 0.25) is 0 Å². The lowest BCUT2D eigenvalue weighted by Gasteiger charge is -2.12. The fraction of sp³-hybridized carbons (Fsp3) is 0.217. The third kappa shape index (κ3) is 7.23. The number of benzene rings is 2. The van der Waals surface area contributed by atoms with Crippen LogP contribution in [0.5, 0.6) is 0 Å². The van der Waals surface area contributed by atoms with Gasteiger partial charge in [0.2, 0.25) is 5.96 Å². The van der Waals surface area contributed by atoms with Gasteiger partial charge >= 0.3 is 0 Å². The highest BCUT2D eigenvalue weighted by Gasteiger charge is 2.03. The average molecular weight is 411 g/mol. The molecular formula is C23H27FN4S. The standard InChI is InChI=1S/C23H27FN4S/c1-6-25-23(26-13-7-8-19-9-11-21(24)16(2)14-19)28-22-12-10-20(15-17(22)3)27-18(4)29-5/h6-7,9-15H,1,8H2,2-5H3,(H2,25,26,28)/b13-7-,27-18?. The van der Waals surface area contributed by atoms with Crippen molar-refractivity contribution >= 4 is 34.1 Å². The number of nitrogens with one attached hydrogen (secondary N) is 2. The van der Waals surface area contributed by atoms with Crippen LogP contribution in [-0.4, -0.2) is 17.3 Å². The summed E-state index contributed by atoms with van der Waals surface area (Å²) in [5.74, 6) is 0.374. The number of nitrogens with zero attached hydrogens (tertiary/aromatic N) is 2. The number of hydrogen-bond acceptors (Lipinski definition) is 3. The highest BCUT2D eigenvalue weighted by atomic mass is 32.2. The Morgan fingerprint density at radius 3 is 2.62 bits per heavy atom. The number of hydrogen-bond donors (Lipinski definition) is 2. The number of rotatable bonds is 6. The van der Waals surface area contributed by atoms with Crippen LogP contribution >= 0.6 is 11.8 Å². The molecule has 0 aliphatic heterocycles. The van der Waals surface area contributed by atoms with Crippen molar-refractivity contribution in [1.82, 2.24) is 5.32 Å². The summed E-state index contributed by atoms with van der Waals surface area (Å²) >= 11 is 1.63. The van der Waals surface area contributed by atoms with Crippen molar-refractivity contribution in [2.24, 2.45) is 9.98 Å². The summed E-state index contributed by atoms with van der Waals surface area (Å²) in [6.45, 7) is 9.48. The van der Waals surface area contributed by atoms with Gasteiger partial charge in [-0.1, -0.05) is 24.8 Å². The number of thioether (sulfide) groups is 1. The summed E-state index contributed by atoms with van der Waals surface area (Å²) < 4.78 is 13.3. The minimum absolute atomic E-state index is 0.187. The summed E-state index contributed by atoms with van der Waals surface area (Å²) in [4.78, 5) is 8.98. The van der Waals surface area contributed by atoms with Crippen molar-refractivity contribution in [3.8, 4) is 0 Å². The first-order valence-electron chi connectivity index (χ1n) is 9.25. The summed E-state index contributed by atoms with van der Waals surface area (Å²) in [6, 6.07) is 11.1. The van der Waals surface area contributed by atoms with E-state index in [4.69, 9.17) is 0 Å². The van der Waals surface area contributed by atoms with E-state index >= 15 is 0 Å². The van der Waals surface area contributed by atoms with Crippen LogP contribution in [0.1, 0.15) is 23.6 Å². The van der Waals surface area contributed by atoms with Gasteiger partial charge in [-0.3, -0.25) is 0 Å². The summed E-state index contributed by atoms with van der Waals surface area (Å²) in [5.41, 5.74) is 4.59. The molecule has 4 nitrogen and oxygen atoms in total. The van der Waals surface area contributed by atoms with Crippen LogP contribution in [0.25, 0.3) is 0 Å². The molecule has 6 heteroatoms. The molecule has 2 aromatic rings. The molecule has 0 aliphatic carbocycles. The fourth-order valence-corrected chi connectivity index (χ4v) is 2.76. The van der Waals surface area contributed by atoms with Gasteiger partial charge in [-0.05, 0) is 80.6 Å². The summed E-state index contributed by atoms with van der Waals surface area (Å²) in [6.07, 6.45) is 7.89. The van der Waals surface area contributed by atoms with Crippen molar-refractivity contribution in [2.45, 2.75) is 27.2 Å². The number of aryl methyl sites for hydroxylation is 2. The molecule has 152 valence electrons. The van der Waals surface area contributed by atoms with E-state index in [1.54, 1.807) is 37.2 Å². The van der Waals surface area contributed by atoms with E-state index in [0.717, 1.165) is 27.5 Å². The van der Waals surface area contributed by atoms with Crippen LogP contribution in [0.4, 0.5) is 15.8 Å². The molecule has 0 saturated carbocycles. The van der Waals surface area contributed by atoms with Crippen molar-refractivity contribution in [1.29, 1.82) is 0 Å². The van der Waals surface area contributed by atoms with Gasteiger partial charge in [-0.25, -0.2) is 14.4 Å². The van der Waals surface area contributed by atoms with E-state index in [-0.39, 0.29) is 5.82 Å². The van der Waals surface area contributed by atoms with E-state index < -0.39 is 0 Å². The fourth-order valence-electron chi connectivity index (χ4n) is 2.56. The second-order valence-electron chi connectivity index (χ2n) is 6.46. The molecule has 0 aliphatic rings. The highest BCUT2D eigenvalue weighted by Crippen LogP contribution is 2.23. The topological polar surface area (TPSA) is 48.8 Å². The zero-order chi connectivity index (χ0) is 21.2. The van der Waals surface area contributed by atoms with Gasteiger partial charge < -0.3 is 10.6 Å². The molecule has 0 saturated heterocycles. The van der Waals surface area contributed by atoms with E-state index in [1.807, 2.05) is 50.4 Å². The molecule has 2 N–H and O–H groups in total. The van der Waals surface area contributed by atoms with E-state index in [1.165, 1.54) is 6.07 Å². The maximum absolute atomic E-state index is 13.3. The molecule has 0 bridgehead atoms. The molecule has 0 heterocycles. The third-order valence-corrected chi connectivity index (χ3v) is 4.85. The first-order valence-corrected chi connectivity index (χ1v) is 10.5. The zero-order valence-corrected chi connectivity index (χ0v) is 18.1. The molecule has 0 atom stereocenters. The van der Waals surface area contributed by atoms with Gasteiger partial charge in [0.15, 0.2) is 0 Å². The van der Waals surface area contributed by atoms with Gasteiger partial charge in [-0.15, -0.1) is 11.8 Å². The minimum atomic E-state index is -0.187. The maximum atomic E-state index is 13.3. The first-order chi connectivity index (χ1) is 13.9. The van der Waals surface area contributed by atoms with Gasteiger partial charge in [0.25, 0.3) is 0 Å². The summed E-state index contributed by atoms with van der Waals surface area (Å²) in [5, 5.41) is 7.29. The van der Waals surface area contributed by atoms with E-state index in [0.29, 0.717) is 17.9 Å². The molecule has 2 aromatic carbocycles. The number of allylic oxidation sites excluding steroid dienone is 1. The lowest BCUT2D eigenvalue weighted by atomic mass is 10.1. The smallest absolute Gasteiger partial charge is 0.204 e. The van der Waals surface area contributed by atoms with Crippen LogP contribution < -0.4 is 10.6 Å². The second-order valence-corrected chi connectivity index (χ2v) is 7.46. The second kappa shape index (κ2) is 11.2. The van der Waals surface area contributed by atoms with Crippen LogP contribution in [0.3, 0.4) is 0 Å². The predicted molar refractivity (Wildman–Crippen MR) is 126 cm³/mol. The van der Waals surface area contributed by atoms with Gasteiger partial charge in [-0.2, -0.15) is 0 Å². The van der Waals surface area contributed by atoms with Gasteiger partial charge in [0.1, 0.15) is 5.82 Å². The quantitative estimate of drug-likeness (QED) is 0.446. The molecule has 0 unspecified atom stereocenters. The Balaban J connectivity index is 2.08. The van der Waals surface area contributed by atoms with Gasteiger partial charge in [0.05, 0.1) is 10.7 Å². The summed E-state index contributed by atoms with van der Waals surface area (Å²) in [7, 11) is 0. The molecule has 0 amide bonds. The number of halogens is 1. The van der Waals surface area contributed by atoms with Crippen LogP contribution in [0, 0.1) is 19.7 Å². The predicted octanol–water partition coefficient (Wildman–Crippen LogP) is 6.11. The highest BCUT2D eigenvalue weighted by molar-refractivity contribution is 8.13. The molecule has 29 heavy (non-hydrogen) atoms. The molecule has 0 spiro atoms. The molecule has 0 fully saturated rings. The van der Waals surface area contributed by atoms with Crippen LogP contribution in [0.15, 0.2) is 71.4 Å². The Kier molecular flexibility index (Phi) is 8.68. The van der Waals surface area contributed by atoms with Crippen molar-refractivity contribution in [3.63, 3.8) is 0 Å². The van der Waals surface area contributed by atoms with Crippen molar-refractivity contribution in [3.05, 3.63) is 84.0 Å². The Labute approximate surface area is 176 Å². The normalized spacial score (nSPS) is 12.3. The number of aliphatic imine (C=N–C) groups is 2. The Hall–Kier alpha value is -2.86. The number of guanidine groups is 1. The zero-order valence-electron chi connectivity index (χ0n) is 17.3. The third-order valence-electron chi connectivity index (χ3n) is 4.17. The molecule has 2 rings (SSSR count). The maximum Gasteiger partial charge on any atom is 0.204 e. The lowest BCUT2D eigenvalue weighted by molar-refractivity contribution is 0.618.